The summed E-state index contributed by atoms with van der Waals surface area (Å²) < 4.78 is 2.33. The van der Waals surface area contributed by atoms with Gasteiger partial charge in [0.2, 0.25) is 0 Å². The Morgan fingerprint density at radius 3 is 1.12 bits per heavy atom. The van der Waals surface area contributed by atoms with Gasteiger partial charge in [-0.2, -0.15) is 0 Å². The smallest absolute Gasteiger partial charge is 0.252 e. The number of nitrogens with zero attached hydrogens (tertiary/aromatic N) is 11. The van der Waals surface area contributed by atoms with Crippen molar-refractivity contribution in [1.29, 1.82) is 0 Å². The average molecular weight is 1350 g/mol. The van der Waals surface area contributed by atoms with Gasteiger partial charge in [0.05, 0.1) is 33.8 Å². The van der Waals surface area contributed by atoms with Gasteiger partial charge < -0.3 is 14.4 Å². The summed E-state index contributed by atoms with van der Waals surface area (Å²) in [5.41, 5.74) is 24.9. The van der Waals surface area contributed by atoms with Crippen LogP contribution in [0.25, 0.3) is 141 Å². The van der Waals surface area contributed by atoms with E-state index in [4.69, 9.17) is 39.9 Å². The topological polar surface area (TPSA) is 115 Å². The van der Waals surface area contributed by atoms with Gasteiger partial charge in [0.1, 0.15) is 0 Å². The zero-order chi connectivity index (χ0) is 70.0. The Hall–Kier alpha value is -14.4. The van der Waals surface area contributed by atoms with Crippen LogP contribution in [0.3, 0.4) is 0 Å². The summed E-state index contributed by atoms with van der Waals surface area (Å²) in [6.45, 7) is -0.0400. The molecule has 0 bridgehead atoms. The Morgan fingerprint density at radius 1 is 0.217 bits per heavy atom. The Morgan fingerprint density at radius 2 is 0.594 bits per heavy atom. The first-order chi connectivity index (χ1) is 52.6. The molecule has 0 unspecified atom stereocenters. The molecule has 0 radical (unpaired) electrons. The van der Waals surface area contributed by atoms with E-state index in [1.165, 1.54) is 22.1 Å². The summed E-state index contributed by atoms with van der Waals surface area (Å²) in [6.07, 6.45) is 0. The summed E-state index contributed by atoms with van der Waals surface area (Å²) >= 11 is 0. The quantitative estimate of drug-likeness (QED) is 0.103. The van der Waals surface area contributed by atoms with Crippen molar-refractivity contribution >= 4 is 79.0 Å². The molecule has 0 spiro atoms. The lowest BCUT2D eigenvalue weighted by molar-refractivity contribution is 1.07. The van der Waals surface area contributed by atoms with Crippen LogP contribution in [0, 0.1) is 0 Å². The average Bonchev–Trinajstić information content (AvgIpc) is 1.01. The highest BCUT2D eigenvalue weighted by Crippen LogP contribution is 2.49. The minimum Gasteiger partial charge on any atom is -0.311 e. The molecule has 2 aliphatic rings. The lowest BCUT2D eigenvalue weighted by Gasteiger charge is -2.45. The van der Waals surface area contributed by atoms with E-state index in [0.717, 1.165) is 129 Å². The summed E-state index contributed by atoms with van der Waals surface area (Å²) in [6, 6.07) is 127. The number of rotatable bonds is 13. The fourth-order valence-corrected chi connectivity index (χ4v) is 15.4. The van der Waals surface area contributed by atoms with Crippen LogP contribution in [-0.2, 0) is 0 Å². The van der Waals surface area contributed by atoms with Crippen LogP contribution in [0.1, 0.15) is 0 Å². The van der Waals surface area contributed by atoms with Crippen molar-refractivity contribution < 1.29 is 0 Å². The van der Waals surface area contributed by atoms with Gasteiger partial charge >= 0.3 is 0 Å². The van der Waals surface area contributed by atoms with Crippen molar-refractivity contribution in [2.24, 2.45) is 0 Å². The van der Waals surface area contributed by atoms with Gasteiger partial charge in [-0.25, -0.2) is 39.9 Å². The SMILES string of the molecule is c1ccc(-c2cc(-c3ccc(-c4ccc5c6c4N(c4ccccc4)c4ccccc4B6c4ccccc4N5c4ccccc4)cc3)nc(-c3cc(-c4nc(-c5ccccc5)nc(-c5ccccc5)n4)ccc3-n3c4ccccc4c4cc(-c5nc(-c6ccccc6)nc(-c6ccccc6)n5)ccc43)n2)cc1. The molecule has 20 rings (SSSR count). The molecule has 6 heterocycles. The summed E-state index contributed by atoms with van der Waals surface area (Å²) in [5, 5.41) is 2.06. The maximum atomic E-state index is 5.75. The van der Waals surface area contributed by atoms with Crippen molar-refractivity contribution in [3.8, 4) is 119 Å². The second kappa shape index (κ2) is 25.9. The fraction of sp³-hybridized carbons (Fsp3) is 0. The first-order valence-electron chi connectivity index (χ1n) is 35.6. The highest BCUT2D eigenvalue weighted by atomic mass is 15.2. The lowest BCUT2D eigenvalue weighted by Crippen LogP contribution is -2.61. The lowest BCUT2D eigenvalue weighted by atomic mass is 9.33. The third-order valence-corrected chi connectivity index (χ3v) is 20.3. The monoisotopic (exact) mass is 1350 g/mol. The normalized spacial score (nSPS) is 12.1. The first-order valence-corrected chi connectivity index (χ1v) is 35.6. The molecule has 18 aromatic rings. The molecule has 12 heteroatoms. The summed E-state index contributed by atoms with van der Waals surface area (Å²) in [5.74, 6) is 3.89. The van der Waals surface area contributed by atoms with Crippen LogP contribution in [0.2, 0.25) is 0 Å². The van der Waals surface area contributed by atoms with Crippen molar-refractivity contribution in [1.82, 2.24) is 44.4 Å². The van der Waals surface area contributed by atoms with Crippen molar-refractivity contribution in [3.05, 3.63) is 364 Å². The molecule has 2 aliphatic heterocycles. The number of hydrogen-bond acceptors (Lipinski definition) is 10. The van der Waals surface area contributed by atoms with Gasteiger partial charge in [0, 0.05) is 94.8 Å². The second-order valence-electron chi connectivity index (χ2n) is 26.6. The van der Waals surface area contributed by atoms with Crippen LogP contribution >= 0.6 is 0 Å². The van der Waals surface area contributed by atoms with Crippen LogP contribution in [0.4, 0.5) is 34.1 Å². The number of anilines is 6. The molecule has 0 saturated heterocycles. The fourth-order valence-electron chi connectivity index (χ4n) is 15.4. The van der Waals surface area contributed by atoms with E-state index in [-0.39, 0.29) is 6.71 Å². The van der Waals surface area contributed by atoms with Crippen LogP contribution in [0.5, 0.6) is 0 Å². The maximum Gasteiger partial charge on any atom is 0.252 e. The van der Waals surface area contributed by atoms with Gasteiger partial charge in [0.25, 0.3) is 6.71 Å². The molecule has 11 nitrogen and oxygen atoms in total. The molecule has 14 aromatic carbocycles. The van der Waals surface area contributed by atoms with E-state index in [2.05, 4.69) is 251 Å². The standard InChI is InChI=1S/C94H60BN11/c1-8-28-62(29-9-1)78-60-79(63-50-48-61(49-51-63)72-54-57-85-86-87(72)105(71-40-20-7-21-41-71)84-47-27-24-44-77(84)95(86)76-43-23-26-46-83(76)104(85)70-38-18-6-19-39-70)97-94(96-78)75-59-69(93-102-90(66-34-14-4-15-35-66)99-91(103-93)67-36-16-5-17-37-67)53-56-82(75)106-80-45-25-22-42-73(80)74-58-68(52-55-81(74)106)92-100-88(64-30-10-2-11-31-64)98-89(101-92)65-32-12-3-13-33-65/h1-60H. The molecule has 0 N–H and O–H groups in total. The highest BCUT2D eigenvalue weighted by molar-refractivity contribution is 7.00. The van der Waals surface area contributed by atoms with Crippen molar-refractivity contribution in [2.45, 2.75) is 0 Å². The van der Waals surface area contributed by atoms with Crippen LogP contribution < -0.4 is 26.2 Å². The molecule has 4 aromatic heterocycles. The Bertz CT molecular complexity index is 6260. The van der Waals surface area contributed by atoms with Crippen LogP contribution in [0.15, 0.2) is 364 Å². The molecule has 0 amide bonds. The van der Waals surface area contributed by atoms with Crippen LogP contribution in [-0.4, -0.2) is 51.2 Å². The maximum absolute atomic E-state index is 5.75. The third-order valence-electron chi connectivity index (χ3n) is 20.3. The van der Waals surface area contributed by atoms with Gasteiger partial charge in [-0.1, -0.05) is 273 Å². The Labute approximate surface area is 612 Å². The predicted octanol–water partition coefficient (Wildman–Crippen LogP) is 20.7. The molecular weight excluding hydrogens is 1290 g/mol. The second-order valence-corrected chi connectivity index (χ2v) is 26.6. The number of hydrogen-bond donors (Lipinski definition) is 0. The first kappa shape index (κ1) is 61.5. The minimum atomic E-state index is -0.0400. The van der Waals surface area contributed by atoms with Gasteiger partial charge in [-0.15, -0.1) is 0 Å². The van der Waals surface area contributed by atoms with E-state index in [1.54, 1.807) is 0 Å². The third kappa shape index (κ3) is 10.8. The van der Waals surface area contributed by atoms with E-state index in [0.29, 0.717) is 40.8 Å². The zero-order valence-corrected chi connectivity index (χ0v) is 57.1. The number of aromatic nitrogens is 9. The number of para-hydroxylation sites is 5. The summed E-state index contributed by atoms with van der Waals surface area (Å²) in [7, 11) is 0. The van der Waals surface area contributed by atoms with Crippen molar-refractivity contribution in [3.63, 3.8) is 0 Å². The molecule has 494 valence electrons. The van der Waals surface area contributed by atoms with E-state index in [1.807, 2.05) is 127 Å². The minimum absolute atomic E-state index is 0.0400. The van der Waals surface area contributed by atoms with Crippen molar-refractivity contribution in [2.75, 3.05) is 9.80 Å². The van der Waals surface area contributed by atoms with Gasteiger partial charge in [-0.3, -0.25) is 0 Å². The Kier molecular flexibility index (Phi) is 15.0. The number of fused-ring (bicyclic) bond motifs is 7. The molecule has 0 saturated carbocycles. The molecule has 0 atom stereocenters. The predicted molar refractivity (Wildman–Crippen MR) is 432 cm³/mol. The summed E-state index contributed by atoms with van der Waals surface area (Å²) in [4.78, 5) is 47.4. The highest BCUT2D eigenvalue weighted by Gasteiger charge is 2.44. The Balaban J connectivity index is 0.785. The van der Waals surface area contributed by atoms with E-state index < -0.39 is 0 Å². The van der Waals surface area contributed by atoms with Gasteiger partial charge in [-0.05, 0) is 113 Å². The molecule has 0 fully saturated rings. The largest absolute Gasteiger partial charge is 0.311 e. The molecule has 0 aliphatic carbocycles. The van der Waals surface area contributed by atoms with E-state index in [9.17, 15) is 0 Å². The molecular formula is C94H60BN11. The zero-order valence-electron chi connectivity index (χ0n) is 57.1. The molecule has 106 heavy (non-hydrogen) atoms. The number of benzene rings is 14. The van der Waals surface area contributed by atoms with Gasteiger partial charge in [0.15, 0.2) is 40.8 Å². The van der Waals surface area contributed by atoms with E-state index >= 15 is 0 Å².